The standard InChI is InChI=1S/C10H11BrN2O/c11-9-3-4-12-6-8(9)7-13-5-1-2-10(13)14/h3-4,6H,1-2,5,7H2. The maximum Gasteiger partial charge on any atom is 0.222 e. The van der Waals surface area contributed by atoms with Crippen LogP contribution in [0.15, 0.2) is 22.9 Å². The third kappa shape index (κ3) is 1.95. The van der Waals surface area contributed by atoms with E-state index < -0.39 is 0 Å². The van der Waals surface area contributed by atoms with Crippen molar-refractivity contribution in [2.75, 3.05) is 6.54 Å². The maximum absolute atomic E-state index is 11.4. The topological polar surface area (TPSA) is 33.2 Å². The zero-order chi connectivity index (χ0) is 9.97. The number of halogens is 1. The van der Waals surface area contributed by atoms with Crippen LogP contribution in [-0.2, 0) is 11.3 Å². The number of carbonyl (C=O) groups is 1. The summed E-state index contributed by atoms with van der Waals surface area (Å²) in [5, 5.41) is 0. The van der Waals surface area contributed by atoms with Gasteiger partial charge in [-0.25, -0.2) is 0 Å². The Morgan fingerprint density at radius 3 is 3.07 bits per heavy atom. The number of carbonyl (C=O) groups excluding carboxylic acids is 1. The van der Waals surface area contributed by atoms with Crippen LogP contribution in [0.2, 0.25) is 0 Å². The molecule has 0 saturated carbocycles. The molecule has 1 aliphatic heterocycles. The van der Waals surface area contributed by atoms with E-state index in [4.69, 9.17) is 0 Å². The minimum Gasteiger partial charge on any atom is -0.338 e. The average Bonchev–Trinajstić information content (AvgIpc) is 2.56. The van der Waals surface area contributed by atoms with Crippen LogP contribution in [-0.4, -0.2) is 22.3 Å². The molecule has 3 nitrogen and oxygen atoms in total. The number of aromatic nitrogens is 1. The van der Waals surface area contributed by atoms with E-state index >= 15 is 0 Å². The van der Waals surface area contributed by atoms with Gasteiger partial charge in [-0.1, -0.05) is 15.9 Å². The molecule has 0 unspecified atom stereocenters. The van der Waals surface area contributed by atoms with Crippen molar-refractivity contribution in [1.82, 2.24) is 9.88 Å². The van der Waals surface area contributed by atoms with Crippen molar-refractivity contribution in [2.45, 2.75) is 19.4 Å². The summed E-state index contributed by atoms with van der Waals surface area (Å²) >= 11 is 3.45. The van der Waals surface area contributed by atoms with E-state index in [2.05, 4.69) is 20.9 Å². The highest BCUT2D eigenvalue weighted by molar-refractivity contribution is 9.10. The van der Waals surface area contributed by atoms with Gasteiger partial charge < -0.3 is 4.90 Å². The van der Waals surface area contributed by atoms with Crippen LogP contribution in [0.4, 0.5) is 0 Å². The van der Waals surface area contributed by atoms with Crippen LogP contribution in [0.25, 0.3) is 0 Å². The summed E-state index contributed by atoms with van der Waals surface area (Å²) in [6.07, 6.45) is 5.21. The van der Waals surface area contributed by atoms with E-state index in [1.165, 1.54) is 0 Å². The molecule has 0 radical (unpaired) electrons. The molecule has 1 aliphatic rings. The highest BCUT2D eigenvalue weighted by atomic mass is 79.9. The summed E-state index contributed by atoms with van der Waals surface area (Å²) in [6.45, 7) is 1.55. The molecule has 0 N–H and O–H groups in total. The molecule has 4 heteroatoms. The summed E-state index contributed by atoms with van der Waals surface area (Å²) < 4.78 is 1.02. The Morgan fingerprint density at radius 2 is 2.43 bits per heavy atom. The summed E-state index contributed by atoms with van der Waals surface area (Å²) in [5.41, 5.74) is 1.07. The van der Waals surface area contributed by atoms with Crippen LogP contribution < -0.4 is 0 Å². The molecule has 1 aromatic heterocycles. The highest BCUT2D eigenvalue weighted by Crippen LogP contribution is 2.19. The van der Waals surface area contributed by atoms with E-state index in [0.29, 0.717) is 13.0 Å². The zero-order valence-corrected chi connectivity index (χ0v) is 9.33. The second-order valence-electron chi connectivity index (χ2n) is 3.39. The Balaban J connectivity index is 2.10. The second-order valence-corrected chi connectivity index (χ2v) is 4.24. The van der Waals surface area contributed by atoms with Gasteiger partial charge in [-0.15, -0.1) is 0 Å². The van der Waals surface area contributed by atoms with Gasteiger partial charge in [0.05, 0.1) is 0 Å². The highest BCUT2D eigenvalue weighted by Gasteiger charge is 2.20. The number of hydrogen-bond donors (Lipinski definition) is 0. The largest absolute Gasteiger partial charge is 0.338 e. The fourth-order valence-electron chi connectivity index (χ4n) is 1.60. The van der Waals surface area contributed by atoms with Crippen LogP contribution in [0.5, 0.6) is 0 Å². The van der Waals surface area contributed by atoms with Crippen molar-refractivity contribution in [2.24, 2.45) is 0 Å². The quantitative estimate of drug-likeness (QED) is 0.809. The summed E-state index contributed by atoms with van der Waals surface area (Å²) in [7, 11) is 0. The van der Waals surface area contributed by atoms with E-state index in [1.807, 2.05) is 11.0 Å². The first-order chi connectivity index (χ1) is 6.77. The minimum absolute atomic E-state index is 0.251. The molecule has 2 heterocycles. The van der Waals surface area contributed by atoms with Gasteiger partial charge in [0.15, 0.2) is 0 Å². The van der Waals surface area contributed by atoms with E-state index in [1.54, 1.807) is 12.4 Å². The van der Waals surface area contributed by atoms with Gasteiger partial charge in [0.25, 0.3) is 0 Å². The Bertz CT molecular complexity index is 354. The molecule has 0 bridgehead atoms. The molecule has 2 rings (SSSR count). The lowest BCUT2D eigenvalue weighted by atomic mass is 10.3. The molecule has 1 amide bonds. The smallest absolute Gasteiger partial charge is 0.222 e. The molecule has 0 atom stereocenters. The fraction of sp³-hybridized carbons (Fsp3) is 0.400. The molecule has 0 spiro atoms. The van der Waals surface area contributed by atoms with Crippen molar-refractivity contribution >= 4 is 21.8 Å². The van der Waals surface area contributed by atoms with Crippen LogP contribution in [0.3, 0.4) is 0 Å². The van der Waals surface area contributed by atoms with E-state index in [9.17, 15) is 4.79 Å². The van der Waals surface area contributed by atoms with Gasteiger partial charge in [-0.3, -0.25) is 9.78 Å². The number of nitrogens with zero attached hydrogens (tertiary/aromatic N) is 2. The Kier molecular flexibility index (Phi) is 2.82. The third-order valence-corrected chi connectivity index (χ3v) is 3.15. The van der Waals surface area contributed by atoms with Crippen molar-refractivity contribution in [3.8, 4) is 0 Å². The molecular weight excluding hydrogens is 244 g/mol. The second kappa shape index (κ2) is 4.09. The lowest BCUT2D eigenvalue weighted by Gasteiger charge is -2.15. The van der Waals surface area contributed by atoms with Crippen LogP contribution >= 0.6 is 15.9 Å². The molecule has 1 aromatic rings. The zero-order valence-electron chi connectivity index (χ0n) is 7.74. The van der Waals surface area contributed by atoms with Crippen molar-refractivity contribution in [3.63, 3.8) is 0 Å². The SMILES string of the molecule is O=C1CCCN1Cc1cnccc1Br. The van der Waals surface area contributed by atoms with Crippen molar-refractivity contribution < 1.29 is 4.79 Å². The number of likely N-dealkylation sites (tertiary alicyclic amines) is 1. The molecule has 1 saturated heterocycles. The number of pyridine rings is 1. The van der Waals surface area contributed by atoms with Gasteiger partial charge >= 0.3 is 0 Å². The van der Waals surface area contributed by atoms with Gasteiger partial charge in [-0.2, -0.15) is 0 Å². The van der Waals surface area contributed by atoms with Gasteiger partial charge in [0.1, 0.15) is 0 Å². The number of hydrogen-bond acceptors (Lipinski definition) is 2. The Labute approximate surface area is 91.3 Å². The van der Waals surface area contributed by atoms with E-state index in [0.717, 1.165) is 23.0 Å². The van der Waals surface area contributed by atoms with Crippen LogP contribution in [0.1, 0.15) is 18.4 Å². The number of amides is 1. The van der Waals surface area contributed by atoms with Crippen molar-refractivity contribution in [3.05, 3.63) is 28.5 Å². The molecule has 0 aliphatic carbocycles. The summed E-state index contributed by atoms with van der Waals surface area (Å²) in [4.78, 5) is 17.3. The van der Waals surface area contributed by atoms with Gasteiger partial charge in [-0.05, 0) is 12.5 Å². The summed E-state index contributed by atoms with van der Waals surface area (Å²) in [5.74, 6) is 0.251. The minimum atomic E-state index is 0.251. The lowest BCUT2D eigenvalue weighted by molar-refractivity contribution is -0.128. The predicted octanol–water partition coefficient (Wildman–Crippen LogP) is 1.97. The first kappa shape index (κ1) is 9.65. The molecular formula is C10H11BrN2O. The Morgan fingerprint density at radius 1 is 1.57 bits per heavy atom. The fourth-order valence-corrected chi connectivity index (χ4v) is 1.95. The normalized spacial score (nSPS) is 16.4. The van der Waals surface area contributed by atoms with Crippen LogP contribution in [0, 0.1) is 0 Å². The third-order valence-electron chi connectivity index (χ3n) is 2.38. The van der Waals surface area contributed by atoms with E-state index in [-0.39, 0.29) is 5.91 Å². The van der Waals surface area contributed by atoms with Crippen molar-refractivity contribution in [1.29, 1.82) is 0 Å². The molecule has 1 fully saturated rings. The molecule has 0 aromatic carbocycles. The average molecular weight is 255 g/mol. The van der Waals surface area contributed by atoms with Gasteiger partial charge in [0, 0.05) is 41.9 Å². The molecule has 14 heavy (non-hydrogen) atoms. The summed E-state index contributed by atoms with van der Waals surface area (Å²) in [6, 6.07) is 1.90. The number of rotatable bonds is 2. The molecule has 74 valence electrons. The van der Waals surface area contributed by atoms with Gasteiger partial charge in [0.2, 0.25) is 5.91 Å². The lowest BCUT2D eigenvalue weighted by Crippen LogP contribution is -2.24. The first-order valence-corrected chi connectivity index (χ1v) is 5.43. The predicted molar refractivity (Wildman–Crippen MR) is 56.6 cm³/mol. The Hall–Kier alpha value is -0.900. The first-order valence-electron chi connectivity index (χ1n) is 4.63. The monoisotopic (exact) mass is 254 g/mol. The maximum atomic E-state index is 11.4.